The quantitative estimate of drug-likeness (QED) is 0.585. The molecule has 4 fully saturated rings. The molecule has 5 atom stereocenters. The van der Waals surface area contributed by atoms with Crippen molar-refractivity contribution < 1.29 is 23.7 Å². The smallest absolute Gasteiger partial charge is 0.309 e. The maximum absolute atomic E-state index is 11.4. The minimum absolute atomic E-state index is 0.00799. The van der Waals surface area contributed by atoms with Crippen molar-refractivity contribution in [3.8, 4) is 0 Å². The third-order valence-electron chi connectivity index (χ3n) is 4.28. The summed E-state index contributed by atoms with van der Waals surface area (Å²) in [5.74, 6) is -0.706. The molecule has 3 aliphatic heterocycles. The summed E-state index contributed by atoms with van der Waals surface area (Å²) in [5, 5.41) is 0. The Bertz CT molecular complexity index is 392. The van der Waals surface area contributed by atoms with Gasteiger partial charge >= 0.3 is 5.97 Å². The van der Waals surface area contributed by atoms with Crippen LogP contribution < -0.4 is 0 Å². The highest BCUT2D eigenvalue weighted by atomic mass is 16.8. The second-order valence-electron chi connectivity index (χ2n) is 5.95. The molecule has 0 aromatic heterocycles. The number of esters is 1. The van der Waals surface area contributed by atoms with Crippen LogP contribution in [0.1, 0.15) is 33.1 Å². The Balaban J connectivity index is 1.66. The second kappa shape index (κ2) is 2.84. The first-order chi connectivity index (χ1) is 7.97. The summed E-state index contributed by atoms with van der Waals surface area (Å²) in [4.78, 5) is 11.4. The molecule has 4 rings (SSSR count). The molecule has 0 aromatic rings. The number of ether oxygens (including phenoxy) is 4. The van der Waals surface area contributed by atoms with Gasteiger partial charge in [0.15, 0.2) is 5.79 Å². The van der Waals surface area contributed by atoms with Gasteiger partial charge < -0.3 is 18.9 Å². The van der Waals surface area contributed by atoms with Gasteiger partial charge in [0.1, 0.15) is 17.8 Å². The maximum atomic E-state index is 11.4. The SMILES string of the molecule is CC1(C)O[C@@H]2C3C[C@]4(C[C@H]2O1)OC(=O)C[C@@H]4O3. The molecule has 1 spiro atoms. The molecular weight excluding hydrogens is 224 g/mol. The molecule has 1 saturated carbocycles. The first kappa shape index (κ1) is 10.3. The monoisotopic (exact) mass is 240 g/mol. The Morgan fingerprint density at radius 1 is 1.18 bits per heavy atom. The number of rotatable bonds is 0. The lowest BCUT2D eigenvalue weighted by atomic mass is 9.80. The van der Waals surface area contributed by atoms with E-state index in [1.165, 1.54) is 0 Å². The molecule has 0 radical (unpaired) electrons. The van der Waals surface area contributed by atoms with Gasteiger partial charge in [-0.25, -0.2) is 0 Å². The summed E-state index contributed by atoms with van der Waals surface area (Å²) in [6.07, 6.45) is 1.71. The zero-order valence-electron chi connectivity index (χ0n) is 9.97. The van der Waals surface area contributed by atoms with Gasteiger partial charge in [-0.05, 0) is 13.8 Å². The van der Waals surface area contributed by atoms with E-state index in [-0.39, 0.29) is 30.4 Å². The lowest BCUT2D eigenvalue weighted by Gasteiger charge is -2.34. The molecule has 0 amide bonds. The third-order valence-corrected chi connectivity index (χ3v) is 4.28. The summed E-state index contributed by atoms with van der Waals surface area (Å²) >= 11 is 0. The first-order valence-electron chi connectivity index (χ1n) is 6.20. The number of fused-ring (bicyclic) bond motifs is 3. The Hall–Kier alpha value is -0.650. The molecule has 1 aliphatic carbocycles. The molecule has 17 heavy (non-hydrogen) atoms. The van der Waals surface area contributed by atoms with Crippen molar-refractivity contribution in [3.63, 3.8) is 0 Å². The zero-order chi connectivity index (χ0) is 11.8. The normalized spacial score (nSPS) is 54.4. The van der Waals surface area contributed by atoms with Crippen LogP contribution in [0.3, 0.4) is 0 Å². The number of carbonyl (C=O) groups is 1. The van der Waals surface area contributed by atoms with Crippen LogP contribution in [0.25, 0.3) is 0 Å². The predicted octanol–water partition coefficient (Wildman–Crippen LogP) is 0.753. The van der Waals surface area contributed by atoms with Crippen molar-refractivity contribution in [2.45, 2.75) is 68.9 Å². The van der Waals surface area contributed by atoms with Crippen molar-refractivity contribution in [2.75, 3.05) is 0 Å². The van der Waals surface area contributed by atoms with Crippen LogP contribution in [0, 0.1) is 0 Å². The Morgan fingerprint density at radius 3 is 2.76 bits per heavy atom. The summed E-state index contributed by atoms with van der Waals surface area (Å²) in [6, 6.07) is 0. The summed E-state index contributed by atoms with van der Waals surface area (Å²) in [6.45, 7) is 3.82. The van der Waals surface area contributed by atoms with E-state index in [2.05, 4.69) is 0 Å². The highest BCUT2D eigenvalue weighted by Crippen LogP contribution is 2.53. The highest BCUT2D eigenvalue weighted by Gasteiger charge is 2.66. The maximum Gasteiger partial charge on any atom is 0.309 e. The van der Waals surface area contributed by atoms with E-state index in [4.69, 9.17) is 18.9 Å². The number of hydrogen-bond donors (Lipinski definition) is 0. The molecule has 2 bridgehead atoms. The largest absolute Gasteiger partial charge is 0.456 e. The van der Waals surface area contributed by atoms with E-state index < -0.39 is 11.4 Å². The van der Waals surface area contributed by atoms with Crippen LogP contribution in [0.15, 0.2) is 0 Å². The minimum atomic E-state index is -0.558. The van der Waals surface area contributed by atoms with E-state index in [9.17, 15) is 4.79 Å². The standard InChI is InChI=1S/C12H16O5/c1-11(2)15-7-5-12-4-6(10(7)17-11)14-8(12)3-9(13)16-12/h6-8,10H,3-5H2,1-2H3/t6?,7-,8+,10-,12-/m1/s1. The van der Waals surface area contributed by atoms with Crippen LogP contribution in [-0.2, 0) is 23.7 Å². The van der Waals surface area contributed by atoms with Crippen molar-refractivity contribution in [1.29, 1.82) is 0 Å². The summed E-state index contributed by atoms with van der Waals surface area (Å²) in [7, 11) is 0. The molecule has 3 saturated heterocycles. The van der Waals surface area contributed by atoms with Crippen molar-refractivity contribution in [3.05, 3.63) is 0 Å². The molecular formula is C12H16O5. The van der Waals surface area contributed by atoms with E-state index in [1.807, 2.05) is 13.8 Å². The van der Waals surface area contributed by atoms with Gasteiger partial charge in [-0.2, -0.15) is 0 Å². The van der Waals surface area contributed by atoms with Crippen molar-refractivity contribution >= 4 is 5.97 Å². The Kier molecular flexibility index (Phi) is 1.72. The topological polar surface area (TPSA) is 54.0 Å². The predicted molar refractivity (Wildman–Crippen MR) is 55.2 cm³/mol. The number of carbonyl (C=O) groups excluding carboxylic acids is 1. The Morgan fingerprint density at radius 2 is 1.94 bits per heavy atom. The van der Waals surface area contributed by atoms with Gasteiger partial charge in [-0.15, -0.1) is 0 Å². The first-order valence-corrected chi connectivity index (χ1v) is 6.20. The fourth-order valence-corrected chi connectivity index (χ4v) is 3.74. The summed E-state index contributed by atoms with van der Waals surface area (Å²) < 4.78 is 23.2. The lowest BCUT2D eigenvalue weighted by molar-refractivity contribution is -0.162. The van der Waals surface area contributed by atoms with Crippen LogP contribution in [0.4, 0.5) is 0 Å². The molecule has 94 valence electrons. The molecule has 0 N–H and O–H groups in total. The number of hydrogen-bond acceptors (Lipinski definition) is 5. The average molecular weight is 240 g/mol. The highest BCUT2D eigenvalue weighted by molar-refractivity contribution is 5.73. The van der Waals surface area contributed by atoms with Gasteiger partial charge in [0, 0.05) is 12.8 Å². The van der Waals surface area contributed by atoms with E-state index in [1.54, 1.807) is 0 Å². The second-order valence-corrected chi connectivity index (χ2v) is 5.95. The van der Waals surface area contributed by atoms with Gasteiger partial charge in [-0.1, -0.05) is 0 Å². The molecule has 3 heterocycles. The van der Waals surface area contributed by atoms with Crippen LogP contribution in [0.5, 0.6) is 0 Å². The Labute approximate surface area is 99.3 Å². The van der Waals surface area contributed by atoms with E-state index >= 15 is 0 Å². The zero-order valence-corrected chi connectivity index (χ0v) is 9.97. The van der Waals surface area contributed by atoms with Gasteiger partial charge in [-0.3, -0.25) is 4.79 Å². The van der Waals surface area contributed by atoms with Gasteiger partial charge in [0.05, 0.1) is 18.6 Å². The fraction of sp³-hybridized carbons (Fsp3) is 0.917. The van der Waals surface area contributed by atoms with Gasteiger partial charge in [0.25, 0.3) is 0 Å². The van der Waals surface area contributed by atoms with Crippen LogP contribution in [-0.4, -0.2) is 41.8 Å². The van der Waals surface area contributed by atoms with Gasteiger partial charge in [0.2, 0.25) is 0 Å². The van der Waals surface area contributed by atoms with Crippen LogP contribution in [0.2, 0.25) is 0 Å². The van der Waals surface area contributed by atoms with Crippen LogP contribution >= 0.6 is 0 Å². The van der Waals surface area contributed by atoms with Crippen molar-refractivity contribution in [1.82, 2.24) is 0 Å². The molecule has 5 nitrogen and oxygen atoms in total. The van der Waals surface area contributed by atoms with Crippen molar-refractivity contribution in [2.24, 2.45) is 0 Å². The third kappa shape index (κ3) is 1.27. The fourth-order valence-electron chi connectivity index (χ4n) is 3.74. The minimum Gasteiger partial charge on any atom is -0.456 e. The molecule has 0 aromatic carbocycles. The van der Waals surface area contributed by atoms with E-state index in [0.717, 1.165) is 6.42 Å². The average Bonchev–Trinajstić information content (AvgIpc) is 2.72. The van der Waals surface area contributed by atoms with E-state index in [0.29, 0.717) is 12.8 Å². The molecule has 4 aliphatic rings. The summed E-state index contributed by atoms with van der Waals surface area (Å²) in [5.41, 5.74) is -0.438. The molecule has 5 heteroatoms. The molecule has 1 unspecified atom stereocenters. The lowest BCUT2D eigenvalue weighted by Crippen LogP contribution is -2.47.